The summed E-state index contributed by atoms with van der Waals surface area (Å²) in [6.45, 7) is 7.59. The van der Waals surface area contributed by atoms with Crippen molar-refractivity contribution in [2.75, 3.05) is 26.2 Å². The van der Waals surface area contributed by atoms with Gasteiger partial charge in [0.05, 0.1) is 4.92 Å². The van der Waals surface area contributed by atoms with Gasteiger partial charge in [0.15, 0.2) is 11.5 Å². The zero-order valence-electron chi connectivity index (χ0n) is 18.8. The molecule has 0 aliphatic carbocycles. The third kappa shape index (κ3) is 5.59. The highest BCUT2D eigenvalue weighted by molar-refractivity contribution is 5.91. The van der Waals surface area contributed by atoms with E-state index in [4.69, 9.17) is 9.15 Å². The molecule has 0 saturated carbocycles. The van der Waals surface area contributed by atoms with Crippen molar-refractivity contribution >= 4 is 11.6 Å². The second kappa shape index (κ2) is 9.87. The first-order valence-corrected chi connectivity index (χ1v) is 10.9. The highest BCUT2D eigenvalue weighted by atomic mass is 16.6. The lowest BCUT2D eigenvalue weighted by Crippen LogP contribution is -2.48. The van der Waals surface area contributed by atoms with Crippen molar-refractivity contribution in [2.45, 2.75) is 27.0 Å². The maximum Gasteiger partial charge on any atom is 0.311 e. The quantitative estimate of drug-likeness (QED) is 0.394. The van der Waals surface area contributed by atoms with Crippen LogP contribution >= 0.6 is 0 Å². The minimum atomic E-state index is -0.474. The number of hydrogen-bond acceptors (Lipinski definition) is 6. The van der Waals surface area contributed by atoms with Crippen LogP contribution in [0.1, 0.15) is 33.0 Å². The molecule has 1 saturated heterocycles. The summed E-state index contributed by atoms with van der Waals surface area (Å²) in [6.07, 6.45) is 0. The molecule has 33 heavy (non-hydrogen) atoms. The largest absolute Gasteiger partial charge is 0.479 e. The van der Waals surface area contributed by atoms with Crippen LogP contribution in [-0.4, -0.2) is 46.8 Å². The van der Waals surface area contributed by atoms with Gasteiger partial charge in [-0.05, 0) is 43.2 Å². The van der Waals surface area contributed by atoms with E-state index in [1.165, 1.54) is 17.2 Å². The number of nitro benzene ring substituents is 1. The number of piperazine rings is 1. The van der Waals surface area contributed by atoms with E-state index in [9.17, 15) is 14.9 Å². The Hall–Kier alpha value is -3.65. The smallest absolute Gasteiger partial charge is 0.311 e. The SMILES string of the molecule is Cc1ccc(CN2CCN(C(=O)c3ccc(COc4ccc(C)cc4[N+](=O)[O-])o3)CC2)cc1. The molecule has 0 unspecified atom stereocenters. The lowest BCUT2D eigenvalue weighted by Gasteiger charge is -2.34. The number of rotatable bonds is 7. The number of amides is 1. The molecule has 1 amide bonds. The molecule has 1 aliphatic heterocycles. The van der Waals surface area contributed by atoms with E-state index in [1.54, 1.807) is 36.1 Å². The van der Waals surface area contributed by atoms with Crippen molar-refractivity contribution in [3.63, 3.8) is 0 Å². The highest BCUT2D eigenvalue weighted by Gasteiger charge is 2.24. The molecule has 0 radical (unpaired) electrons. The predicted molar refractivity (Wildman–Crippen MR) is 123 cm³/mol. The molecule has 0 N–H and O–H groups in total. The van der Waals surface area contributed by atoms with E-state index in [-0.39, 0.29) is 29.7 Å². The third-order valence-electron chi connectivity index (χ3n) is 5.74. The van der Waals surface area contributed by atoms with Crippen molar-refractivity contribution in [3.8, 4) is 5.75 Å². The minimum absolute atomic E-state index is 0.00150. The molecule has 172 valence electrons. The molecule has 4 rings (SSSR count). The number of carbonyl (C=O) groups is 1. The maximum absolute atomic E-state index is 12.9. The maximum atomic E-state index is 12.9. The van der Waals surface area contributed by atoms with Gasteiger partial charge < -0.3 is 14.1 Å². The summed E-state index contributed by atoms with van der Waals surface area (Å²) in [5.74, 6) is 0.697. The number of furan rings is 1. The van der Waals surface area contributed by atoms with Crippen LogP contribution in [0.15, 0.2) is 59.0 Å². The molecule has 8 nitrogen and oxygen atoms in total. The van der Waals surface area contributed by atoms with Crippen molar-refractivity contribution in [3.05, 3.63) is 92.9 Å². The molecule has 2 heterocycles. The molecular formula is C25H27N3O5. The number of hydrogen-bond donors (Lipinski definition) is 0. The molecule has 8 heteroatoms. The molecule has 2 aromatic carbocycles. The summed E-state index contributed by atoms with van der Waals surface area (Å²) < 4.78 is 11.3. The van der Waals surface area contributed by atoms with Crippen LogP contribution in [-0.2, 0) is 13.2 Å². The van der Waals surface area contributed by atoms with E-state index >= 15 is 0 Å². The zero-order chi connectivity index (χ0) is 23.4. The minimum Gasteiger partial charge on any atom is -0.479 e. The summed E-state index contributed by atoms with van der Waals surface area (Å²) in [7, 11) is 0. The first kappa shape index (κ1) is 22.5. The Morgan fingerprint density at radius 3 is 2.39 bits per heavy atom. The second-order valence-corrected chi connectivity index (χ2v) is 8.34. The first-order valence-electron chi connectivity index (χ1n) is 10.9. The summed E-state index contributed by atoms with van der Waals surface area (Å²) in [5.41, 5.74) is 3.19. The summed E-state index contributed by atoms with van der Waals surface area (Å²) >= 11 is 0. The summed E-state index contributed by atoms with van der Waals surface area (Å²) in [5, 5.41) is 11.2. The van der Waals surface area contributed by atoms with Gasteiger partial charge >= 0.3 is 5.69 Å². The average molecular weight is 450 g/mol. The van der Waals surface area contributed by atoms with Crippen LogP contribution in [0, 0.1) is 24.0 Å². The number of benzene rings is 2. The Bertz CT molecular complexity index is 1130. The monoisotopic (exact) mass is 449 g/mol. The van der Waals surface area contributed by atoms with Gasteiger partial charge in [0.25, 0.3) is 5.91 Å². The molecule has 0 bridgehead atoms. The predicted octanol–water partition coefficient (Wildman–Crippen LogP) is 4.34. The molecular weight excluding hydrogens is 422 g/mol. The Balaban J connectivity index is 1.30. The standard InChI is InChI=1S/C25H27N3O5/c1-18-3-6-20(7-4-18)16-26-11-13-27(14-12-26)25(29)24-10-8-21(33-24)17-32-23-9-5-19(2)15-22(23)28(30)31/h3-10,15H,11-14,16-17H2,1-2H3. The Morgan fingerprint density at radius 1 is 1.00 bits per heavy atom. The van der Waals surface area contributed by atoms with Gasteiger partial charge in [-0.25, -0.2) is 0 Å². The zero-order valence-corrected chi connectivity index (χ0v) is 18.8. The van der Waals surface area contributed by atoms with Crippen molar-refractivity contribution < 1.29 is 18.9 Å². The van der Waals surface area contributed by atoms with Gasteiger partial charge in [0, 0.05) is 38.8 Å². The van der Waals surface area contributed by atoms with Crippen molar-refractivity contribution in [1.29, 1.82) is 0 Å². The van der Waals surface area contributed by atoms with Gasteiger partial charge in [-0.3, -0.25) is 19.8 Å². The fourth-order valence-corrected chi connectivity index (χ4v) is 3.83. The number of carbonyl (C=O) groups excluding carboxylic acids is 1. The van der Waals surface area contributed by atoms with E-state index in [2.05, 4.69) is 36.1 Å². The fourth-order valence-electron chi connectivity index (χ4n) is 3.83. The van der Waals surface area contributed by atoms with Crippen molar-refractivity contribution in [1.82, 2.24) is 9.80 Å². The topological polar surface area (TPSA) is 89.1 Å². The average Bonchev–Trinajstić information content (AvgIpc) is 3.29. The molecule has 0 spiro atoms. The molecule has 1 aromatic heterocycles. The van der Waals surface area contributed by atoms with Crippen LogP contribution in [0.25, 0.3) is 0 Å². The number of ether oxygens (including phenoxy) is 1. The van der Waals surface area contributed by atoms with Crippen molar-refractivity contribution in [2.24, 2.45) is 0 Å². The van der Waals surface area contributed by atoms with Crippen LogP contribution in [0.5, 0.6) is 5.75 Å². The van der Waals surface area contributed by atoms with Gasteiger partial charge in [0.1, 0.15) is 12.4 Å². The third-order valence-corrected chi connectivity index (χ3v) is 5.74. The summed E-state index contributed by atoms with van der Waals surface area (Å²) in [4.78, 5) is 27.8. The van der Waals surface area contributed by atoms with Gasteiger partial charge in [-0.15, -0.1) is 0 Å². The Morgan fingerprint density at radius 2 is 1.70 bits per heavy atom. The van der Waals surface area contributed by atoms with E-state index in [0.29, 0.717) is 18.8 Å². The molecule has 1 fully saturated rings. The van der Waals surface area contributed by atoms with Gasteiger partial charge in [0.2, 0.25) is 0 Å². The number of aryl methyl sites for hydroxylation is 2. The molecule has 1 aliphatic rings. The lowest BCUT2D eigenvalue weighted by molar-refractivity contribution is -0.386. The molecule has 0 atom stereocenters. The first-order chi connectivity index (χ1) is 15.9. The fraction of sp³-hybridized carbons (Fsp3) is 0.320. The van der Waals surface area contributed by atoms with E-state index in [1.807, 2.05) is 0 Å². The Kier molecular flexibility index (Phi) is 6.74. The highest BCUT2D eigenvalue weighted by Crippen LogP contribution is 2.28. The number of nitrogens with zero attached hydrogens (tertiary/aromatic N) is 3. The second-order valence-electron chi connectivity index (χ2n) is 8.34. The van der Waals surface area contributed by atoms with E-state index < -0.39 is 4.92 Å². The van der Waals surface area contributed by atoms with E-state index in [0.717, 1.165) is 25.2 Å². The normalized spacial score (nSPS) is 14.3. The van der Waals surface area contributed by atoms with Gasteiger partial charge in [-0.1, -0.05) is 35.9 Å². The number of nitro groups is 1. The molecule has 3 aromatic rings. The van der Waals surface area contributed by atoms with Gasteiger partial charge in [-0.2, -0.15) is 0 Å². The van der Waals surface area contributed by atoms with Crippen LogP contribution in [0.3, 0.4) is 0 Å². The lowest BCUT2D eigenvalue weighted by atomic mass is 10.1. The van der Waals surface area contributed by atoms with Crippen LogP contribution in [0.4, 0.5) is 5.69 Å². The Labute approximate surface area is 192 Å². The summed E-state index contributed by atoms with van der Waals surface area (Å²) in [6, 6.07) is 16.6. The van der Waals surface area contributed by atoms with Crippen LogP contribution in [0.2, 0.25) is 0 Å². The van der Waals surface area contributed by atoms with Crippen LogP contribution < -0.4 is 4.74 Å².